The Morgan fingerprint density at radius 1 is 1.09 bits per heavy atom. The van der Waals surface area contributed by atoms with Gasteiger partial charge in [-0.3, -0.25) is 0 Å². The molecule has 2 aliphatic rings. The number of nitrogens with zero attached hydrogens (tertiary/aromatic N) is 2. The van der Waals surface area contributed by atoms with Gasteiger partial charge in [0.25, 0.3) is 0 Å². The second-order valence-corrected chi connectivity index (χ2v) is 9.83. The van der Waals surface area contributed by atoms with E-state index in [-0.39, 0.29) is 22.4 Å². The molecule has 0 N–H and O–H groups in total. The molecule has 0 bridgehead atoms. The highest BCUT2D eigenvalue weighted by Crippen LogP contribution is 2.36. The van der Waals surface area contributed by atoms with Crippen LogP contribution in [-0.4, -0.2) is 44.7 Å². The minimum atomic E-state index is -3.74. The van der Waals surface area contributed by atoms with Gasteiger partial charge in [-0.05, 0) is 43.5 Å². The van der Waals surface area contributed by atoms with Crippen LogP contribution in [0.3, 0.4) is 0 Å². The van der Waals surface area contributed by atoms with Crippen LogP contribution in [0.4, 0.5) is 0 Å². The van der Waals surface area contributed by atoms with Crippen LogP contribution in [-0.2, 0) is 19.9 Å². The fourth-order valence-electron chi connectivity index (χ4n) is 2.82. The highest BCUT2D eigenvalue weighted by atomic mass is 32.2. The third kappa shape index (κ3) is 2.89. The number of rotatable bonds is 4. The molecule has 8 heteroatoms. The Hall–Kier alpha value is -1.43. The van der Waals surface area contributed by atoms with Crippen LogP contribution in [0.1, 0.15) is 24.8 Å². The Balaban J connectivity index is 1.95. The maximum Gasteiger partial charge on any atom is 0.243 e. The van der Waals surface area contributed by atoms with Crippen molar-refractivity contribution in [1.82, 2.24) is 4.31 Å². The lowest BCUT2D eigenvalue weighted by atomic mass is 10.2. The molecule has 1 aromatic rings. The van der Waals surface area contributed by atoms with Crippen molar-refractivity contribution < 1.29 is 16.8 Å². The number of nitriles is 1. The summed E-state index contributed by atoms with van der Waals surface area (Å²) in [5.74, 6) is -0.0528. The van der Waals surface area contributed by atoms with E-state index in [2.05, 4.69) is 0 Å². The van der Waals surface area contributed by atoms with E-state index in [0.717, 1.165) is 12.8 Å². The molecule has 0 amide bonds. The first-order valence-corrected chi connectivity index (χ1v) is 10.3. The van der Waals surface area contributed by atoms with Crippen LogP contribution >= 0.6 is 0 Å². The highest BCUT2D eigenvalue weighted by Gasteiger charge is 2.46. The lowest BCUT2D eigenvalue weighted by Gasteiger charge is -2.27. The van der Waals surface area contributed by atoms with Gasteiger partial charge in [-0.1, -0.05) is 0 Å². The average molecular weight is 340 g/mol. The summed E-state index contributed by atoms with van der Waals surface area (Å²) in [6.45, 7) is 0. The van der Waals surface area contributed by atoms with Crippen molar-refractivity contribution in [3.8, 4) is 6.07 Å². The maximum absolute atomic E-state index is 12.9. The van der Waals surface area contributed by atoms with Gasteiger partial charge >= 0.3 is 0 Å². The van der Waals surface area contributed by atoms with Gasteiger partial charge in [0.15, 0.2) is 9.84 Å². The molecule has 1 aliphatic carbocycles. The van der Waals surface area contributed by atoms with E-state index < -0.39 is 25.9 Å². The Morgan fingerprint density at radius 2 is 1.73 bits per heavy atom. The molecule has 1 saturated heterocycles. The third-order valence-corrected chi connectivity index (χ3v) is 7.80. The van der Waals surface area contributed by atoms with Crippen LogP contribution in [0.15, 0.2) is 29.2 Å². The molecule has 0 aromatic heterocycles. The second kappa shape index (κ2) is 5.33. The molecular formula is C14H16N2O4S2. The standard InChI is InChI=1S/C14H16N2O4S2/c15-9-11-1-5-14(6-2-11)22(19,20)16(12-3-4-12)13-7-8-21(17,18)10-13/h1-2,5-6,12-13H,3-4,7-8,10H2/t13-/m0/s1. The van der Waals surface area contributed by atoms with E-state index in [0.29, 0.717) is 12.0 Å². The van der Waals surface area contributed by atoms with Gasteiger partial charge in [0.2, 0.25) is 10.0 Å². The predicted octanol–water partition coefficient (Wildman–Crippen LogP) is 0.898. The van der Waals surface area contributed by atoms with Gasteiger partial charge in [0, 0.05) is 12.1 Å². The van der Waals surface area contributed by atoms with E-state index in [9.17, 15) is 16.8 Å². The highest BCUT2D eigenvalue weighted by molar-refractivity contribution is 7.92. The minimum absolute atomic E-state index is 0.0454. The SMILES string of the molecule is N#Cc1ccc(S(=O)(=O)N(C2CC2)[C@H]2CCS(=O)(=O)C2)cc1. The molecule has 2 fully saturated rings. The van der Waals surface area contributed by atoms with Crippen molar-refractivity contribution in [3.63, 3.8) is 0 Å². The Bertz CT molecular complexity index is 819. The van der Waals surface area contributed by atoms with Crippen molar-refractivity contribution >= 4 is 19.9 Å². The zero-order valence-corrected chi connectivity index (χ0v) is 13.5. The van der Waals surface area contributed by atoms with Crippen LogP contribution in [0.25, 0.3) is 0 Å². The topological polar surface area (TPSA) is 95.3 Å². The molecule has 1 aromatic carbocycles. The molecule has 22 heavy (non-hydrogen) atoms. The number of sulfonamides is 1. The lowest BCUT2D eigenvalue weighted by Crippen LogP contribution is -2.42. The van der Waals surface area contributed by atoms with Crippen molar-refractivity contribution in [2.45, 2.75) is 36.2 Å². The van der Waals surface area contributed by atoms with Crippen LogP contribution in [0.2, 0.25) is 0 Å². The average Bonchev–Trinajstić information content (AvgIpc) is 3.23. The molecule has 0 unspecified atom stereocenters. The molecule has 1 saturated carbocycles. The summed E-state index contributed by atoms with van der Waals surface area (Å²) >= 11 is 0. The number of sulfone groups is 1. The van der Waals surface area contributed by atoms with Gasteiger partial charge in [-0.15, -0.1) is 0 Å². The first-order chi connectivity index (χ1) is 10.3. The first-order valence-electron chi connectivity index (χ1n) is 7.08. The van der Waals surface area contributed by atoms with Crippen molar-refractivity contribution in [1.29, 1.82) is 5.26 Å². The molecule has 118 valence electrons. The van der Waals surface area contributed by atoms with E-state index in [1.165, 1.54) is 28.6 Å². The number of hydrogen-bond acceptors (Lipinski definition) is 5. The minimum Gasteiger partial charge on any atom is -0.229 e. The summed E-state index contributed by atoms with van der Waals surface area (Å²) < 4.78 is 50.5. The zero-order chi connectivity index (χ0) is 16.0. The summed E-state index contributed by atoms with van der Waals surface area (Å²) in [5, 5.41) is 8.79. The monoisotopic (exact) mass is 340 g/mol. The quantitative estimate of drug-likeness (QED) is 0.811. The smallest absolute Gasteiger partial charge is 0.229 e. The number of hydrogen-bond donors (Lipinski definition) is 0. The van der Waals surface area contributed by atoms with E-state index in [1.54, 1.807) is 0 Å². The van der Waals surface area contributed by atoms with Gasteiger partial charge in [-0.25, -0.2) is 16.8 Å². The summed E-state index contributed by atoms with van der Waals surface area (Å²) in [4.78, 5) is 0.114. The fourth-order valence-corrected chi connectivity index (χ4v) is 6.52. The Kier molecular flexibility index (Phi) is 3.75. The molecular weight excluding hydrogens is 324 g/mol. The zero-order valence-electron chi connectivity index (χ0n) is 11.8. The van der Waals surface area contributed by atoms with Gasteiger partial charge in [0.05, 0.1) is 28.0 Å². The normalized spacial score (nSPS) is 24.3. The van der Waals surface area contributed by atoms with Crippen molar-refractivity contribution in [2.75, 3.05) is 11.5 Å². The Labute approximate surface area is 130 Å². The van der Waals surface area contributed by atoms with E-state index >= 15 is 0 Å². The maximum atomic E-state index is 12.9. The predicted molar refractivity (Wildman–Crippen MR) is 80.3 cm³/mol. The number of benzene rings is 1. The largest absolute Gasteiger partial charge is 0.243 e. The van der Waals surface area contributed by atoms with Crippen LogP contribution in [0.5, 0.6) is 0 Å². The van der Waals surface area contributed by atoms with Crippen molar-refractivity contribution in [3.05, 3.63) is 29.8 Å². The lowest BCUT2D eigenvalue weighted by molar-refractivity contribution is 0.332. The van der Waals surface area contributed by atoms with Gasteiger partial charge in [0.1, 0.15) is 0 Å². The van der Waals surface area contributed by atoms with Gasteiger partial charge < -0.3 is 0 Å². The molecule has 1 aliphatic heterocycles. The van der Waals surface area contributed by atoms with E-state index in [1.807, 2.05) is 6.07 Å². The summed E-state index contributed by atoms with van der Waals surface area (Å²) in [6, 6.07) is 7.12. The third-order valence-electron chi connectivity index (χ3n) is 4.03. The molecule has 0 radical (unpaired) electrons. The second-order valence-electron chi connectivity index (χ2n) is 5.76. The molecule has 0 spiro atoms. The summed E-state index contributed by atoms with van der Waals surface area (Å²) in [5.41, 5.74) is 0.389. The molecule has 6 nitrogen and oxygen atoms in total. The summed E-state index contributed by atoms with van der Waals surface area (Å²) in [6.07, 6.45) is 1.90. The van der Waals surface area contributed by atoms with Crippen LogP contribution in [0, 0.1) is 11.3 Å². The summed E-state index contributed by atoms with van der Waals surface area (Å²) in [7, 11) is -6.89. The molecule has 1 heterocycles. The van der Waals surface area contributed by atoms with Crippen molar-refractivity contribution in [2.24, 2.45) is 0 Å². The molecule has 1 atom stereocenters. The molecule has 3 rings (SSSR count). The Morgan fingerprint density at radius 3 is 2.18 bits per heavy atom. The first kappa shape index (κ1) is 15.5. The van der Waals surface area contributed by atoms with Gasteiger partial charge in [-0.2, -0.15) is 9.57 Å². The van der Waals surface area contributed by atoms with Crippen LogP contribution < -0.4 is 0 Å². The van der Waals surface area contributed by atoms with E-state index in [4.69, 9.17) is 5.26 Å². The fraction of sp³-hybridized carbons (Fsp3) is 0.500.